The summed E-state index contributed by atoms with van der Waals surface area (Å²) in [5.74, 6) is 1.02. The topological polar surface area (TPSA) is 71.7 Å². The summed E-state index contributed by atoms with van der Waals surface area (Å²) in [7, 11) is -1.61. The van der Waals surface area contributed by atoms with Gasteiger partial charge in [-0.05, 0) is 49.4 Å². The number of aromatic nitrogens is 2. The van der Waals surface area contributed by atoms with Crippen LogP contribution in [-0.4, -0.2) is 50.7 Å². The second-order valence-corrected chi connectivity index (χ2v) is 11.0. The summed E-state index contributed by atoms with van der Waals surface area (Å²) in [6, 6.07) is 23.0. The van der Waals surface area contributed by atoms with Gasteiger partial charge in [-0.25, -0.2) is 13.4 Å². The van der Waals surface area contributed by atoms with Gasteiger partial charge < -0.3 is 14.4 Å². The summed E-state index contributed by atoms with van der Waals surface area (Å²) in [5.41, 5.74) is 4.64. The van der Waals surface area contributed by atoms with Crippen molar-refractivity contribution in [3.63, 3.8) is 0 Å². The van der Waals surface area contributed by atoms with Gasteiger partial charge in [-0.2, -0.15) is 0 Å². The number of quaternary nitrogens is 1. The summed E-state index contributed by atoms with van der Waals surface area (Å²) in [4.78, 5) is 9.14. The molecule has 1 aliphatic rings. The monoisotopic (exact) mass is 490 g/mol. The van der Waals surface area contributed by atoms with Gasteiger partial charge in [0.25, 0.3) is 10.0 Å². The van der Waals surface area contributed by atoms with Gasteiger partial charge in [0.1, 0.15) is 5.82 Å². The van der Waals surface area contributed by atoms with Crippen molar-refractivity contribution in [2.24, 2.45) is 7.05 Å². The fourth-order valence-electron chi connectivity index (χ4n) is 4.73. The van der Waals surface area contributed by atoms with Gasteiger partial charge in [0, 0.05) is 12.7 Å². The zero-order valence-electron chi connectivity index (χ0n) is 20.2. The van der Waals surface area contributed by atoms with E-state index >= 15 is 0 Å². The van der Waals surface area contributed by atoms with E-state index in [-0.39, 0.29) is 4.90 Å². The Bertz CT molecular complexity index is 1410. The van der Waals surface area contributed by atoms with Crippen molar-refractivity contribution in [2.45, 2.75) is 18.2 Å². The van der Waals surface area contributed by atoms with E-state index in [4.69, 9.17) is 4.98 Å². The number of fused-ring (bicyclic) bond motifs is 1. The molecule has 0 atom stereocenters. The number of sulfonamides is 1. The number of nitrogens with one attached hydrogen (secondary N) is 2. The molecule has 1 saturated heterocycles. The summed E-state index contributed by atoms with van der Waals surface area (Å²) < 4.78 is 30.3. The van der Waals surface area contributed by atoms with E-state index in [1.807, 2.05) is 26.1 Å². The SMILES string of the molecule is Cc1ccc(S(=O)(=O)Nc2ccc3c(c2)nc(CC[NH+]2CCN(c4ccccc4)CC2)n3C)cc1. The van der Waals surface area contributed by atoms with E-state index < -0.39 is 10.0 Å². The molecule has 0 spiro atoms. The molecule has 3 aromatic carbocycles. The third kappa shape index (κ3) is 5.18. The molecular formula is C27H32N5O2S+. The zero-order valence-corrected chi connectivity index (χ0v) is 21.1. The summed E-state index contributed by atoms with van der Waals surface area (Å²) in [6.45, 7) is 7.32. The molecule has 0 unspecified atom stereocenters. The Balaban J connectivity index is 1.23. The molecule has 182 valence electrons. The van der Waals surface area contributed by atoms with Crippen LogP contribution in [0.1, 0.15) is 11.4 Å². The number of benzene rings is 3. The van der Waals surface area contributed by atoms with Crippen LogP contribution in [0.2, 0.25) is 0 Å². The van der Waals surface area contributed by atoms with Gasteiger partial charge >= 0.3 is 0 Å². The van der Waals surface area contributed by atoms with Gasteiger partial charge in [-0.1, -0.05) is 35.9 Å². The van der Waals surface area contributed by atoms with Crippen molar-refractivity contribution in [3.05, 3.63) is 84.2 Å². The lowest BCUT2D eigenvalue weighted by Crippen LogP contribution is -3.15. The number of anilines is 2. The predicted molar refractivity (Wildman–Crippen MR) is 141 cm³/mol. The molecule has 8 heteroatoms. The molecule has 0 amide bonds. The first-order valence-corrected chi connectivity index (χ1v) is 13.6. The van der Waals surface area contributed by atoms with Crippen LogP contribution in [0.3, 0.4) is 0 Å². The van der Waals surface area contributed by atoms with Crippen LogP contribution in [-0.2, 0) is 23.5 Å². The molecule has 1 fully saturated rings. The van der Waals surface area contributed by atoms with E-state index in [9.17, 15) is 8.42 Å². The highest BCUT2D eigenvalue weighted by Gasteiger charge is 2.21. The molecule has 1 aliphatic heterocycles. The van der Waals surface area contributed by atoms with Gasteiger partial charge in [0.2, 0.25) is 0 Å². The van der Waals surface area contributed by atoms with Gasteiger partial charge in [0.15, 0.2) is 0 Å². The maximum Gasteiger partial charge on any atom is 0.261 e. The van der Waals surface area contributed by atoms with Gasteiger partial charge in [-0.15, -0.1) is 0 Å². The van der Waals surface area contributed by atoms with Crippen molar-refractivity contribution < 1.29 is 13.3 Å². The van der Waals surface area contributed by atoms with Crippen molar-refractivity contribution in [3.8, 4) is 0 Å². The number of hydrogen-bond acceptors (Lipinski definition) is 4. The Hall–Kier alpha value is -3.36. The number of imidazole rings is 1. The number of nitrogens with zero attached hydrogens (tertiary/aromatic N) is 3. The second kappa shape index (κ2) is 9.71. The van der Waals surface area contributed by atoms with Crippen molar-refractivity contribution in [1.82, 2.24) is 9.55 Å². The third-order valence-electron chi connectivity index (χ3n) is 6.85. The number of hydrogen-bond donors (Lipinski definition) is 2. The van der Waals surface area contributed by atoms with E-state index in [1.54, 1.807) is 35.2 Å². The van der Waals surface area contributed by atoms with Crippen LogP contribution in [0, 0.1) is 6.92 Å². The highest BCUT2D eigenvalue weighted by Crippen LogP contribution is 2.22. The largest absolute Gasteiger partial charge is 0.360 e. The van der Waals surface area contributed by atoms with E-state index in [2.05, 4.69) is 44.5 Å². The highest BCUT2D eigenvalue weighted by molar-refractivity contribution is 7.92. The Morgan fingerprint density at radius 3 is 2.40 bits per heavy atom. The van der Waals surface area contributed by atoms with Crippen LogP contribution in [0.4, 0.5) is 11.4 Å². The normalized spacial score (nSPS) is 15.0. The van der Waals surface area contributed by atoms with Crippen LogP contribution in [0.15, 0.2) is 77.7 Å². The molecule has 0 radical (unpaired) electrons. The average Bonchev–Trinajstić information content (AvgIpc) is 3.18. The molecule has 2 heterocycles. The Morgan fingerprint density at radius 1 is 0.971 bits per heavy atom. The predicted octanol–water partition coefficient (Wildman–Crippen LogP) is 2.63. The van der Waals surface area contributed by atoms with Crippen molar-refractivity contribution >= 4 is 32.4 Å². The number of aryl methyl sites for hydroxylation is 2. The third-order valence-corrected chi connectivity index (χ3v) is 8.25. The zero-order chi connectivity index (χ0) is 24.4. The quantitative estimate of drug-likeness (QED) is 0.418. The molecule has 4 aromatic rings. The van der Waals surface area contributed by atoms with E-state index in [1.165, 1.54) is 5.69 Å². The molecule has 0 aliphatic carbocycles. The second-order valence-electron chi connectivity index (χ2n) is 9.28. The molecule has 7 nitrogen and oxygen atoms in total. The molecule has 0 saturated carbocycles. The lowest BCUT2D eigenvalue weighted by atomic mass is 10.2. The first-order chi connectivity index (χ1) is 16.9. The molecule has 5 rings (SSSR count). The number of piperazine rings is 1. The molecule has 1 aromatic heterocycles. The smallest absolute Gasteiger partial charge is 0.261 e. The minimum Gasteiger partial charge on any atom is -0.360 e. The molecule has 0 bridgehead atoms. The van der Waals surface area contributed by atoms with Crippen molar-refractivity contribution in [2.75, 3.05) is 42.3 Å². The first kappa shape index (κ1) is 23.4. The molecular weight excluding hydrogens is 458 g/mol. The summed E-state index contributed by atoms with van der Waals surface area (Å²) in [6.07, 6.45) is 0.885. The Morgan fingerprint density at radius 2 is 1.69 bits per heavy atom. The summed E-state index contributed by atoms with van der Waals surface area (Å²) >= 11 is 0. The van der Waals surface area contributed by atoms with Gasteiger partial charge in [-0.3, -0.25) is 4.72 Å². The van der Waals surface area contributed by atoms with E-state index in [0.717, 1.165) is 61.6 Å². The number of rotatable bonds is 7. The van der Waals surface area contributed by atoms with Crippen molar-refractivity contribution in [1.29, 1.82) is 0 Å². The fraction of sp³-hybridized carbons (Fsp3) is 0.296. The molecule has 35 heavy (non-hydrogen) atoms. The first-order valence-electron chi connectivity index (χ1n) is 12.1. The maximum atomic E-state index is 12.8. The standard InChI is InChI=1S/C27H31N5O2S/c1-21-8-11-24(12-9-21)35(33,34)29-22-10-13-26-25(20-22)28-27(30(26)2)14-15-31-16-18-32(19-17-31)23-6-4-3-5-7-23/h3-13,20,29H,14-19H2,1-2H3/p+1. The summed E-state index contributed by atoms with van der Waals surface area (Å²) in [5, 5.41) is 0. The molecule has 2 N–H and O–H groups in total. The maximum absolute atomic E-state index is 12.8. The minimum atomic E-state index is -3.64. The average molecular weight is 491 g/mol. The lowest BCUT2D eigenvalue weighted by Gasteiger charge is -2.33. The fourth-order valence-corrected chi connectivity index (χ4v) is 5.78. The number of para-hydroxylation sites is 1. The lowest BCUT2D eigenvalue weighted by molar-refractivity contribution is -0.900. The Kier molecular flexibility index (Phi) is 6.49. The van der Waals surface area contributed by atoms with Crippen LogP contribution >= 0.6 is 0 Å². The highest BCUT2D eigenvalue weighted by atomic mass is 32.2. The van der Waals surface area contributed by atoms with Crippen LogP contribution in [0.25, 0.3) is 11.0 Å². The van der Waals surface area contributed by atoms with Gasteiger partial charge in [0.05, 0.1) is 60.8 Å². The van der Waals surface area contributed by atoms with E-state index in [0.29, 0.717) is 5.69 Å². The van der Waals surface area contributed by atoms with Crippen LogP contribution in [0.5, 0.6) is 0 Å². The minimum absolute atomic E-state index is 0.250. The van der Waals surface area contributed by atoms with Crippen LogP contribution < -0.4 is 14.5 Å². The Labute approximate surface area is 207 Å².